The normalized spacial score (nSPS) is 11.6. The Kier molecular flexibility index (Phi) is 3.34. The second-order valence-corrected chi connectivity index (χ2v) is 4.17. The summed E-state index contributed by atoms with van der Waals surface area (Å²) in [5, 5.41) is 0. The summed E-state index contributed by atoms with van der Waals surface area (Å²) < 4.78 is 0. The van der Waals surface area contributed by atoms with E-state index in [1.807, 2.05) is 48.5 Å². The molecule has 5 nitrogen and oxygen atoms in total. The second-order valence-electron chi connectivity index (χ2n) is 4.17. The predicted molar refractivity (Wildman–Crippen MR) is 79.5 cm³/mol. The maximum absolute atomic E-state index is 5.61. The molecule has 0 unspecified atom stereocenters. The largest absolute Gasteiger partial charge is 0.308 e. The molecule has 0 aliphatic rings. The summed E-state index contributed by atoms with van der Waals surface area (Å²) in [5.74, 6) is 6.17. The minimum Gasteiger partial charge on any atom is -0.308 e. The third kappa shape index (κ3) is 2.34. The number of hydrazine groups is 1. The number of nitrogens with zero attached hydrogens (tertiary/aromatic N) is 3. The lowest BCUT2D eigenvalue weighted by atomic mass is 10.1. The van der Waals surface area contributed by atoms with Crippen molar-refractivity contribution in [1.82, 2.24) is 15.4 Å². The molecule has 0 fully saturated rings. The van der Waals surface area contributed by atoms with Crippen LogP contribution >= 0.6 is 0 Å². The molecule has 0 radical (unpaired) electrons. The van der Waals surface area contributed by atoms with Crippen molar-refractivity contribution in [2.75, 3.05) is 0 Å². The fraction of sp³-hybridized carbons (Fsp3) is 0. The molecule has 0 atom stereocenters. The van der Waals surface area contributed by atoms with Gasteiger partial charge in [0, 0.05) is 18.0 Å². The molecule has 1 heterocycles. The number of hydrogen-bond acceptors (Lipinski definition) is 4. The molecular formula is C15H13N5. The van der Waals surface area contributed by atoms with Gasteiger partial charge >= 0.3 is 0 Å². The maximum atomic E-state index is 5.61. The molecule has 0 spiro atoms. The summed E-state index contributed by atoms with van der Waals surface area (Å²) in [6, 6.07) is 15.3. The molecule has 98 valence electrons. The van der Waals surface area contributed by atoms with E-state index in [2.05, 4.69) is 20.4 Å². The first-order chi connectivity index (χ1) is 9.88. The Hall–Kier alpha value is -2.79. The van der Waals surface area contributed by atoms with E-state index in [0.29, 0.717) is 5.84 Å². The number of benzene rings is 2. The number of amidine groups is 1. The number of aromatic nitrogens is 2. The topological polar surface area (TPSA) is 76.2 Å². The third-order valence-electron chi connectivity index (χ3n) is 2.89. The number of nitrogens with two attached hydrogens (primary N) is 1. The van der Waals surface area contributed by atoms with Crippen molar-refractivity contribution in [2.45, 2.75) is 0 Å². The van der Waals surface area contributed by atoms with Gasteiger partial charge < -0.3 is 5.43 Å². The first kappa shape index (κ1) is 12.3. The highest BCUT2D eigenvalue weighted by Gasteiger charge is 2.08. The molecule has 20 heavy (non-hydrogen) atoms. The quantitative estimate of drug-likeness (QED) is 0.321. The van der Waals surface area contributed by atoms with Gasteiger partial charge in [0.1, 0.15) is 5.84 Å². The molecule has 3 rings (SSSR count). The molecule has 2 aromatic carbocycles. The number of nitrogens with one attached hydrogen (secondary N) is 1. The van der Waals surface area contributed by atoms with Gasteiger partial charge in [-0.15, -0.1) is 0 Å². The van der Waals surface area contributed by atoms with Gasteiger partial charge in [-0.05, 0) is 24.3 Å². The van der Waals surface area contributed by atoms with Crippen molar-refractivity contribution < 1.29 is 0 Å². The van der Waals surface area contributed by atoms with E-state index < -0.39 is 0 Å². The summed E-state index contributed by atoms with van der Waals surface area (Å²) in [5.41, 5.74) is 5.86. The summed E-state index contributed by atoms with van der Waals surface area (Å²) in [7, 11) is 0. The average molecular weight is 263 g/mol. The van der Waals surface area contributed by atoms with Crippen LogP contribution in [0.15, 0.2) is 65.9 Å². The first-order valence-electron chi connectivity index (χ1n) is 6.19. The Morgan fingerprint density at radius 1 is 0.950 bits per heavy atom. The third-order valence-corrected chi connectivity index (χ3v) is 2.89. The second kappa shape index (κ2) is 5.46. The van der Waals surface area contributed by atoms with Crippen LogP contribution in [0, 0.1) is 0 Å². The number of para-hydroxylation sites is 2. The zero-order valence-corrected chi connectivity index (χ0v) is 10.7. The Balaban J connectivity index is 2.15. The lowest BCUT2D eigenvalue weighted by Gasteiger charge is -2.08. The van der Waals surface area contributed by atoms with Gasteiger partial charge in [-0.2, -0.15) is 0 Å². The van der Waals surface area contributed by atoms with Gasteiger partial charge in [0.15, 0.2) is 0 Å². The van der Waals surface area contributed by atoms with Crippen LogP contribution in [0.2, 0.25) is 0 Å². The molecule has 0 saturated carbocycles. The molecule has 5 heteroatoms. The van der Waals surface area contributed by atoms with Crippen LogP contribution in [-0.2, 0) is 0 Å². The summed E-state index contributed by atoms with van der Waals surface area (Å²) in [6.45, 7) is 0. The van der Waals surface area contributed by atoms with Crippen LogP contribution in [0.5, 0.6) is 0 Å². The monoisotopic (exact) mass is 263 g/mol. The summed E-state index contributed by atoms with van der Waals surface area (Å²) >= 11 is 0. The van der Waals surface area contributed by atoms with Gasteiger partial charge in [0.2, 0.25) is 0 Å². The average Bonchev–Trinajstić information content (AvgIpc) is 2.53. The molecule has 3 N–H and O–H groups in total. The molecule has 0 aliphatic heterocycles. The standard InChI is InChI=1S/C15H13N5/c16-20-15(19-11-5-2-1-3-6-11)12-7-4-8-13-14(12)18-10-9-17-13/h1-10H,16H2,(H,19,20). The van der Waals surface area contributed by atoms with E-state index in [-0.39, 0.29) is 0 Å². The van der Waals surface area contributed by atoms with Gasteiger partial charge in [0.05, 0.1) is 16.7 Å². The van der Waals surface area contributed by atoms with E-state index in [1.54, 1.807) is 12.4 Å². The lowest BCUT2D eigenvalue weighted by Crippen LogP contribution is -2.31. The van der Waals surface area contributed by atoms with Crippen LogP contribution < -0.4 is 11.3 Å². The number of aliphatic imine (C=N–C) groups is 1. The minimum atomic E-state index is 0.558. The number of fused-ring (bicyclic) bond motifs is 1. The van der Waals surface area contributed by atoms with Crippen molar-refractivity contribution in [3.63, 3.8) is 0 Å². The first-order valence-corrected chi connectivity index (χ1v) is 6.19. The minimum absolute atomic E-state index is 0.558. The van der Waals surface area contributed by atoms with Crippen molar-refractivity contribution in [3.8, 4) is 0 Å². The highest BCUT2D eigenvalue weighted by molar-refractivity contribution is 6.08. The van der Waals surface area contributed by atoms with Crippen molar-refractivity contribution in [2.24, 2.45) is 10.8 Å². The lowest BCUT2D eigenvalue weighted by molar-refractivity contribution is 1.02. The fourth-order valence-corrected chi connectivity index (χ4v) is 1.99. The highest BCUT2D eigenvalue weighted by atomic mass is 15.3. The van der Waals surface area contributed by atoms with Crippen LogP contribution in [0.1, 0.15) is 5.56 Å². The number of hydrogen-bond donors (Lipinski definition) is 2. The molecular weight excluding hydrogens is 250 g/mol. The fourth-order valence-electron chi connectivity index (χ4n) is 1.99. The zero-order valence-electron chi connectivity index (χ0n) is 10.7. The van der Waals surface area contributed by atoms with Crippen LogP contribution in [-0.4, -0.2) is 15.8 Å². The predicted octanol–water partition coefficient (Wildman–Crippen LogP) is 2.17. The zero-order chi connectivity index (χ0) is 13.8. The van der Waals surface area contributed by atoms with E-state index in [4.69, 9.17) is 5.84 Å². The van der Waals surface area contributed by atoms with Gasteiger partial charge in [-0.3, -0.25) is 9.97 Å². The SMILES string of the molecule is NNC(=Nc1ccccc1)c1cccc2nccnc12. The van der Waals surface area contributed by atoms with Gasteiger partial charge in [0.25, 0.3) is 0 Å². The van der Waals surface area contributed by atoms with Gasteiger partial charge in [-0.25, -0.2) is 10.8 Å². The summed E-state index contributed by atoms with van der Waals surface area (Å²) in [6.07, 6.45) is 3.32. The van der Waals surface area contributed by atoms with Crippen molar-refractivity contribution in [1.29, 1.82) is 0 Å². The van der Waals surface area contributed by atoms with Gasteiger partial charge in [-0.1, -0.05) is 24.3 Å². The van der Waals surface area contributed by atoms with E-state index in [1.165, 1.54) is 0 Å². The molecule has 0 saturated heterocycles. The van der Waals surface area contributed by atoms with E-state index in [0.717, 1.165) is 22.3 Å². The molecule has 0 bridgehead atoms. The summed E-state index contributed by atoms with van der Waals surface area (Å²) in [4.78, 5) is 13.1. The van der Waals surface area contributed by atoms with Crippen LogP contribution in [0.3, 0.4) is 0 Å². The Labute approximate surface area is 116 Å². The Bertz CT molecular complexity index is 747. The molecule has 0 aliphatic carbocycles. The number of rotatable bonds is 2. The van der Waals surface area contributed by atoms with E-state index in [9.17, 15) is 0 Å². The van der Waals surface area contributed by atoms with Crippen LogP contribution in [0.4, 0.5) is 5.69 Å². The molecule has 1 aromatic heterocycles. The van der Waals surface area contributed by atoms with Crippen molar-refractivity contribution >= 4 is 22.6 Å². The Morgan fingerprint density at radius 3 is 2.55 bits per heavy atom. The molecule has 3 aromatic rings. The molecule has 0 amide bonds. The van der Waals surface area contributed by atoms with Crippen molar-refractivity contribution in [3.05, 3.63) is 66.5 Å². The Morgan fingerprint density at radius 2 is 1.75 bits per heavy atom. The smallest absolute Gasteiger partial charge is 0.150 e. The maximum Gasteiger partial charge on any atom is 0.150 e. The van der Waals surface area contributed by atoms with Crippen LogP contribution in [0.25, 0.3) is 11.0 Å². The van der Waals surface area contributed by atoms with E-state index >= 15 is 0 Å². The highest BCUT2D eigenvalue weighted by Crippen LogP contribution is 2.17.